The number of carboxylic acid groups (broad SMARTS) is 1. The number of carboxylic acids is 1. The number of methoxy groups -OCH3 is 1. The average molecular weight is 161 g/mol. The fraction of sp³-hybridized carbons (Fsp3) is 0.667. The molecule has 0 heterocycles. The Morgan fingerprint density at radius 2 is 2.36 bits per heavy atom. The molecule has 0 rings (SSSR count). The lowest BCUT2D eigenvalue weighted by Crippen LogP contribution is -2.33. The molecule has 64 valence electrons. The smallest absolute Gasteiger partial charge is 0.332 e. The lowest BCUT2D eigenvalue weighted by atomic mass is 10.1. The van der Waals surface area contributed by atoms with Crippen LogP contribution in [0, 0.1) is 0 Å². The first kappa shape index (κ1) is 10.1. The van der Waals surface area contributed by atoms with E-state index in [0.29, 0.717) is 6.29 Å². The number of hydrogen-bond donors (Lipinski definition) is 2. The van der Waals surface area contributed by atoms with Crippen LogP contribution >= 0.6 is 0 Å². The van der Waals surface area contributed by atoms with Gasteiger partial charge < -0.3 is 20.4 Å². The number of carbonyl (C=O) groups excluding carboxylic acids is 1. The summed E-state index contributed by atoms with van der Waals surface area (Å²) in [5.41, 5.74) is 5.18. The van der Waals surface area contributed by atoms with Crippen molar-refractivity contribution in [3.63, 3.8) is 0 Å². The average Bonchev–Trinajstić information content (AvgIpc) is 1.99. The highest BCUT2D eigenvalue weighted by Crippen LogP contribution is 1.98. The van der Waals surface area contributed by atoms with E-state index in [-0.39, 0.29) is 6.42 Å². The largest absolute Gasteiger partial charge is 0.479 e. The van der Waals surface area contributed by atoms with Gasteiger partial charge in [-0.3, -0.25) is 0 Å². The van der Waals surface area contributed by atoms with Gasteiger partial charge in [-0.2, -0.15) is 0 Å². The van der Waals surface area contributed by atoms with Crippen molar-refractivity contribution in [1.82, 2.24) is 0 Å². The zero-order valence-electron chi connectivity index (χ0n) is 6.19. The third-order valence-corrected chi connectivity index (χ3v) is 1.22. The molecule has 5 nitrogen and oxygen atoms in total. The van der Waals surface area contributed by atoms with E-state index in [0.717, 1.165) is 0 Å². The van der Waals surface area contributed by atoms with Crippen molar-refractivity contribution in [3.05, 3.63) is 0 Å². The van der Waals surface area contributed by atoms with Crippen molar-refractivity contribution in [1.29, 1.82) is 0 Å². The van der Waals surface area contributed by atoms with Gasteiger partial charge in [-0.05, 0) is 0 Å². The molecule has 3 N–H and O–H groups in total. The summed E-state index contributed by atoms with van der Waals surface area (Å²) in [6.45, 7) is 0. The van der Waals surface area contributed by atoms with Crippen LogP contribution in [0.5, 0.6) is 0 Å². The van der Waals surface area contributed by atoms with E-state index < -0.39 is 18.1 Å². The predicted octanol–water partition coefficient (Wildman–Crippen LogP) is -0.998. The Hall–Kier alpha value is -0.940. The Balaban J connectivity index is 3.87. The van der Waals surface area contributed by atoms with Crippen molar-refractivity contribution < 1.29 is 19.4 Å². The molecular formula is C6H11NO4. The Morgan fingerprint density at radius 3 is 2.64 bits per heavy atom. The lowest BCUT2D eigenvalue weighted by Gasteiger charge is -2.10. The Bertz CT molecular complexity index is 148. The second-order valence-corrected chi connectivity index (χ2v) is 2.10. The molecule has 0 aliphatic heterocycles. The number of hydrogen-bond acceptors (Lipinski definition) is 4. The van der Waals surface area contributed by atoms with Gasteiger partial charge in [-0.25, -0.2) is 4.79 Å². The van der Waals surface area contributed by atoms with Crippen molar-refractivity contribution in [2.24, 2.45) is 5.73 Å². The molecule has 0 spiro atoms. The van der Waals surface area contributed by atoms with E-state index >= 15 is 0 Å². The van der Waals surface area contributed by atoms with Gasteiger partial charge in [0.2, 0.25) is 0 Å². The Kier molecular flexibility index (Phi) is 4.40. The monoisotopic (exact) mass is 161 g/mol. The summed E-state index contributed by atoms with van der Waals surface area (Å²) in [6, 6.07) is -0.768. The topological polar surface area (TPSA) is 89.6 Å². The minimum atomic E-state index is -1.11. The molecule has 0 bridgehead atoms. The van der Waals surface area contributed by atoms with Crippen LogP contribution in [0.15, 0.2) is 0 Å². The lowest BCUT2D eigenvalue weighted by molar-refractivity contribution is -0.149. The highest BCUT2D eigenvalue weighted by molar-refractivity contribution is 5.73. The summed E-state index contributed by atoms with van der Waals surface area (Å²) in [4.78, 5) is 20.3. The molecule has 0 saturated carbocycles. The third kappa shape index (κ3) is 3.69. The van der Waals surface area contributed by atoms with Gasteiger partial charge in [0.25, 0.3) is 0 Å². The SMILES string of the molecule is COC(CC(N)C=O)C(=O)O. The number of carbonyl (C=O) groups is 2. The minimum Gasteiger partial charge on any atom is -0.479 e. The number of aliphatic carboxylic acids is 1. The van der Waals surface area contributed by atoms with E-state index in [2.05, 4.69) is 4.74 Å². The van der Waals surface area contributed by atoms with Crippen LogP contribution in [-0.2, 0) is 14.3 Å². The molecule has 2 atom stereocenters. The van der Waals surface area contributed by atoms with E-state index in [1.165, 1.54) is 7.11 Å². The fourth-order valence-electron chi connectivity index (χ4n) is 0.601. The van der Waals surface area contributed by atoms with E-state index in [9.17, 15) is 9.59 Å². The first-order valence-electron chi connectivity index (χ1n) is 3.08. The summed E-state index contributed by atoms with van der Waals surface area (Å²) in [5, 5.41) is 8.42. The molecule has 0 radical (unpaired) electrons. The molecule has 0 aromatic carbocycles. The molecule has 0 aromatic rings. The Morgan fingerprint density at radius 1 is 1.82 bits per heavy atom. The highest BCUT2D eigenvalue weighted by Gasteiger charge is 2.19. The van der Waals surface area contributed by atoms with Crippen molar-refractivity contribution >= 4 is 12.3 Å². The summed E-state index contributed by atoms with van der Waals surface area (Å²) in [7, 11) is 1.26. The normalized spacial score (nSPS) is 15.5. The first-order valence-corrected chi connectivity index (χ1v) is 3.08. The molecule has 0 saturated heterocycles. The third-order valence-electron chi connectivity index (χ3n) is 1.22. The standard InChI is InChI=1S/C6H11NO4/c1-11-5(6(9)10)2-4(7)3-8/h3-5H,2,7H2,1H3,(H,9,10). The maximum atomic E-state index is 10.3. The molecule has 5 heteroatoms. The van der Waals surface area contributed by atoms with Crippen LogP contribution in [0.4, 0.5) is 0 Å². The number of ether oxygens (including phenoxy) is 1. The molecule has 0 aliphatic rings. The summed E-state index contributed by atoms with van der Waals surface area (Å²) < 4.78 is 4.55. The molecule has 2 unspecified atom stereocenters. The predicted molar refractivity (Wildman–Crippen MR) is 37.1 cm³/mol. The molecule has 0 fully saturated rings. The maximum absolute atomic E-state index is 10.3. The molecule has 0 aromatic heterocycles. The molecule has 0 aliphatic carbocycles. The van der Waals surface area contributed by atoms with Crippen LogP contribution in [0.3, 0.4) is 0 Å². The molecule has 11 heavy (non-hydrogen) atoms. The van der Waals surface area contributed by atoms with Crippen LogP contribution in [0.25, 0.3) is 0 Å². The van der Waals surface area contributed by atoms with E-state index in [1.54, 1.807) is 0 Å². The second kappa shape index (κ2) is 4.81. The highest BCUT2D eigenvalue weighted by atomic mass is 16.5. The zero-order chi connectivity index (χ0) is 8.85. The van der Waals surface area contributed by atoms with Gasteiger partial charge in [-0.1, -0.05) is 0 Å². The van der Waals surface area contributed by atoms with Crippen molar-refractivity contribution in [3.8, 4) is 0 Å². The Labute approximate surface area is 64.1 Å². The zero-order valence-corrected chi connectivity index (χ0v) is 6.19. The van der Waals surface area contributed by atoms with Gasteiger partial charge in [0.15, 0.2) is 6.10 Å². The quantitative estimate of drug-likeness (QED) is 0.505. The van der Waals surface area contributed by atoms with Gasteiger partial charge >= 0.3 is 5.97 Å². The van der Waals surface area contributed by atoms with Gasteiger partial charge in [-0.15, -0.1) is 0 Å². The number of rotatable bonds is 5. The summed E-state index contributed by atoms with van der Waals surface area (Å²) >= 11 is 0. The second-order valence-electron chi connectivity index (χ2n) is 2.10. The van der Waals surface area contributed by atoms with Crippen LogP contribution < -0.4 is 5.73 Å². The minimum absolute atomic E-state index is 0.00926. The van der Waals surface area contributed by atoms with Gasteiger partial charge in [0, 0.05) is 13.5 Å². The van der Waals surface area contributed by atoms with E-state index in [1.807, 2.05) is 0 Å². The van der Waals surface area contributed by atoms with Gasteiger partial charge in [0.05, 0.1) is 6.04 Å². The number of nitrogens with two attached hydrogens (primary N) is 1. The maximum Gasteiger partial charge on any atom is 0.332 e. The van der Waals surface area contributed by atoms with Crippen LogP contribution in [-0.4, -0.2) is 36.6 Å². The van der Waals surface area contributed by atoms with E-state index in [4.69, 9.17) is 10.8 Å². The van der Waals surface area contributed by atoms with Crippen LogP contribution in [0.1, 0.15) is 6.42 Å². The number of aldehydes is 1. The van der Waals surface area contributed by atoms with Gasteiger partial charge in [0.1, 0.15) is 6.29 Å². The summed E-state index contributed by atoms with van der Waals surface area (Å²) in [5.74, 6) is -1.11. The fourth-order valence-corrected chi connectivity index (χ4v) is 0.601. The molecule has 0 amide bonds. The van der Waals surface area contributed by atoms with Crippen molar-refractivity contribution in [2.45, 2.75) is 18.6 Å². The van der Waals surface area contributed by atoms with Crippen LogP contribution in [0.2, 0.25) is 0 Å². The summed E-state index contributed by atoms with van der Waals surface area (Å²) in [6.07, 6.45) is -0.486. The first-order chi connectivity index (χ1) is 5.11. The van der Waals surface area contributed by atoms with Crippen molar-refractivity contribution in [2.75, 3.05) is 7.11 Å². The molecular weight excluding hydrogens is 150 g/mol.